The van der Waals surface area contributed by atoms with Crippen molar-refractivity contribution in [1.82, 2.24) is 0 Å². The number of benzene rings is 3. The lowest BCUT2D eigenvalue weighted by Gasteiger charge is -2.32. The van der Waals surface area contributed by atoms with Gasteiger partial charge in [-0.1, -0.05) is 62.4 Å². The first-order valence-electron chi connectivity index (χ1n) is 11.1. The van der Waals surface area contributed by atoms with Gasteiger partial charge >= 0.3 is 7.12 Å². The molecule has 1 fully saturated rings. The Hall–Kier alpha value is -2.56. The normalized spacial score (nSPS) is 20.4. The molecule has 156 valence electrons. The topological polar surface area (TPSA) is 31.6 Å². The van der Waals surface area contributed by atoms with Crippen molar-refractivity contribution in [3.05, 3.63) is 65.7 Å². The van der Waals surface area contributed by atoms with Crippen LogP contribution in [0.2, 0.25) is 0 Å². The fourth-order valence-corrected chi connectivity index (χ4v) is 5.16. The summed E-state index contributed by atoms with van der Waals surface area (Å²) < 4.78 is 19.1. The largest absolute Gasteiger partial charge is 0.494 e. The third-order valence-corrected chi connectivity index (χ3v) is 7.73. The Balaban J connectivity index is 1.58. The van der Waals surface area contributed by atoms with E-state index in [2.05, 4.69) is 84.0 Å². The van der Waals surface area contributed by atoms with Crippen LogP contribution in [0.25, 0.3) is 33.1 Å². The molecule has 0 N–H and O–H groups in total. The van der Waals surface area contributed by atoms with Crippen molar-refractivity contribution in [3.8, 4) is 11.1 Å². The number of rotatable bonds is 1. The van der Waals surface area contributed by atoms with Crippen LogP contribution in [0.3, 0.4) is 0 Å². The van der Waals surface area contributed by atoms with Crippen molar-refractivity contribution in [2.24, 2.45) is 0 Å². The molecule has 1 saturated heterocycles. The molecule has 0 amide bonds. The van der Waals surface area contributed by atoms with Crippen molar-refractivity contribution < 1.29 is 13.7 Å². The predicted octanol–water partition coefficient (Wildman–Crippen LogP) is 6.19. The molecule has 6 rings (SSSR count). The quantitative estimate of drug-likeness (QED) is 0.351. The van der Waals surface area contributed by atoms with E-state index in [1.165, 1.54) is 27.6 Å². The van der Waals surface area contributed by atoms with Crippen molar-refractivity contribution in [3.63, 3.8) is 0 Å². The standard InChI is InChI=1S/C27H27BO3/c1-25(2)20-13-11-16(28-30-26(3,4)27(5,6)31-28)15-19(20)23-21(25)14-12-18-17-9-7-8-10-22(17)29-24(18)23/h7-15H,1-6H3. The third kappa shape index (κ3) is 2.43. The molecule has 3 aromatic carbocycles. The van der Waals surface area contributed by atoms with E-state index in [1.54, 1.807) is 0 Å². The van der Waals surface area contributed by atoms with Crippen LogP contribution in [-0.4, -0.2) is 18.3 Å². The minimum atomic E-state index is -0.377. The fourth-order valence-electron chi connectivity index (χ4n) is 5.16. The molecule has 0 radical (unpaired) electrons. The maximum Gasteiger partial charge on any atom is 0.494 e. The third-order valence-electron chi connectivity index (χ3n) is 7.73. The molecule has 0 unspecified atom stereocenters. The van der Waals surface area contributed by atoms with Crippen molar-refractivity contribution in [2.45, 2.75) is 58.2 Å². The van der Waals surface area contributed by atoms with Gasteiger partial charge in [-0.2, -0.15) is 0 Å². The minimum Gasteiger partial charge on any atom is -0.455 e. The van der Waals surface area contributed by atoms with Crippen molar-refractivity contribution in [2.75, 3.05) is 0 Å². The van der Waals surface area contributed by atoms with Crippen LogP contribution in [0.1, 0.15) is 52.7 Å². The number of para-hydroxylation sites is 1. The molecular formula is C27H27BO3. The van der Waals surface area contributed by atoms with Crippen LogP contribution in [0.15, 0.2) is 59.0 Å². The van der Waals surface area contributed by atoms with Gasteiger partial charge in [0.2, 0.25) is 0 Å². The Bertz CT molecular complexity index is 1360. The van der Waals surface area contributed by atoms with Crippen molar-refractivity contribution >= 4 is 34.5 Å². The molecule has 1 aliphatic heterocycles. The van der Waals surface area contributed by atoms with Crippen LogP contribution < -0.4 is 5.46 Å². The second-order valence-electron chi connectivity index (χ2n) is 10.5. The molecule has 1 aliphatic carbocycles. The molecular weight excluding hydrogens is 383 g/mol. The predicted molar refractivity (Wildman–Crippen MR) is 127 cm³/mol. The highest BCUT2D eigenvalue weighted by molar-refractivity contribution is 6.62. The average Bonchev–Trinajstić information content (AvgIpc) is 3.27. The van der Waals surface area contributed by atoms with Crippen LogP contribution in [0, 0.1) is 0 Å². The maximum atomic E-state index is 6.41. The Morgan fingerprint density at radius 2 is 1.39 bits per heavy atom. The van der Waals surface area contributed by atoms with E-state index in [9.17, 15) is 0 Å². The molecule has 31 heavy (non-hydrogen) atoms. The van der Waals surface area contributed by atoms with Crippen molar-refractivity contribution in [1.29, 1.82) is 0 Å². The van der Waals surface area contributed by atoms with Gasteiger partial charge in [0.15, 0.2) is 0 Å². The summed E-state index contributed by atoms with van der Waals surface area (Å²) in [6.07, 6.45) is 0. The first kappa shape index (κ1) is 19.2. The number of furan rings is 1. The van der Waals surface area contributed by atoms with E-state index in [4.69, 9.17) is 13.7 Å². The Morgan fingerprint density at radius 1 is 0.710 bits per heavy atom. The Kier molecular flexibility index (Phi) is 3.59. The first-order valence-corrected chi connectivity index (χ1v) is 11.1. The molecule has 3 nitrogen and oxygen atoms in total. The van der Waals surface area contributed by atoms with E-state index in [1.807, 2.05) is 12.1 Å². The van der Waals surface area contributed by atoms with E-state index in [-0.39, 0.29) is 23.7 Å². The zero-order chi connectivity index (χ0) is 21.8. The van der Waals surface area contributed by atoms with Gasteiger partial charge in [-0.3, -0.25) is 0 Å². The summed E-state index contributed by atoms with van der Waals surface area (Å²) in [7, 11) is -0.377. The van der Waals surface area contributed by atoms with Crippen LogP contribution in [0.5, 0.6) is 0 Å². The van der Waals surface area contributed by atoms with Gasteiger partial charge in [0.1, 0.15) is 11.2 Å². The molecule has 0 bridgehead atoms. The van der Waals surface area contributed by atoms with Gasteiger partial charge in [0, 0.05) is 21.8 Å². The van der Waals surface area contributed by atoms with Gasteiger partial charge in [-0.25, -0.2) is 0 Å². The minimum absolute atomic E-state index is 0.0910. The maximum absolute atomic E-state index is 6.41. The van der Waals surface area contributed by atoms with Crippen LogP contribution in [0.4, 0.5) is 0 Å². The van der Waals surface area contributed by atoms with E-state index in [0.717, 1.165) is 22.0 Å². The molecule has 4 heteroatoms. The molecule has 0 atom stereocenters. The molecule has 4 aromatic rings. The fraction of sp³-hybridized carbons (Fsp3) is 0.333. The highest BCUT2D eigenvalue weighted by atomic mass is 16.7. The number of hydrogen-bond acceptors (Lipinski definition) is 3. The Morgan fingerprint density at radius 3 is 2.13 bits per heavy atom. The molecule has 0 saturated carbocycles. The highest BCUT2D eigenvalue weighted by Crippen LogP contribution is 2.52. The summed E-state index contributed by atoms with van der Waals surface area (Å²) in [6.45, 7) is 13.0. The smallest absolute Gasteiger partial charge is 0.455 e. The molecule has 2 heterocycles. The van der Waals surface area contributed by atoms with Gasteiger partial charge in [0.05, 0.1) is 11.2 Å². The molecule has 1 aromatic heterocycles. The SMILES string of the molecule is CC1(C)c2ccc(B3OC(C)(C)C(C)(C)O3)cc2-c2c1ccc1c2oc2ccccc21. The van der Waals surface area contributed by atoms with Gasteiger partial charge in [0.25, 0.3) is 0 Å². The lowest BCUT2D eigenvalue weighted by Crippen LogP contribution is -2.41. The van der Waals surface area contributed by atoms with Gasteiger partial charge in [-0.15, -0.1) is 0 Å². The summed E-state index contributed by atoms with van der Waals surface area (Å²) >= 11 is 0. The molecule has 0 spiro atoms. The molecule has 2 aliphatic rings. The van der Waals surface area contributed by atoms with Crippen LogP contribution in [-0.2, 0) is 14.7 Å². The highest BCUT2D eigenvalue weighted by Gasteiger charge is 2.52. The second-order valence-corrected chi connectivity index (χ2v) is 10.5. The second kappa shape index (κ2) is 5.82. The van der Waals surface area contributed by atoms with Gasteiger partial charge < -0.3 is 13.7 Å². The van der Waals surface area contributed by atoms with E-state index in [0.29, 0.717) is 0 Å². The summed E-state index contributed by atoms with van der Waals surface area (Å²) in [6, 6.07) is 19.4. The Labute approximate surface area is 183 Å². The zero-order valence-electron chi connectivity index (χ0n) is 19.0. The van der Waals surface area contributed by atoms with E-state index >= 15 is 0 Å². The lowest BCUT2D eigenvalue weighted by atomic mass is 9.76. The first-order chi connectivity index (χ1) is 14.6. The summed E-state index contributed by atoms with van der Waals surface area (Å²) in [4.78, 5) is 0. The van der Waals surface area contributed by atoms with E-state index < -0.39 is 0 Å². The van der Waals surface area contributed by atoms with Crippen LogP contribution >= 0.6 is 0 Å². The van der Waals surface area contributed by atoms with Gasteiger partial charge in [-0.05, 0) is 55.9 Å². The average molecular weight is 410 g/mol. The monoisotopic (exact) mass is 410 g/mol. The number of hydrogen-bond donors (Lipinski definition) is 0. The number of fused-ring (bicyclic) bond motifs is 7. The summed E-state index contributed by atoms with van der Waals surface area (Å²) in [5.74, 6) is 0. The summed E-state index contributed by atoms with van der Waals surface area (Å²) in [5.41, 5.74) is 7.18. The summed E-state index contributed by atoms with van der Waals surface area (Å²) in [5, 5.41) is 2.33. The lowest BCUT2D eigenvalue weighted by molar-refractivity contribution is 0.00578. The zero-order valence-corrected chi connectivity index (χ0v) is 19.0.